The summed E-state index contributed by atoms with van der Waals surface area (Å²) in [6.07, 6.45) is 0.626. The molecule has 1 N–H and O–H groups in total. The molecule has 3 heterocycles. The summed E-state index contributed by atoms with van der Waals surface area (Å²) < 4.78 is 25.5. The first-order valence-corrected chi connectivity index (χ1v) is 13.4. The molecule has 32 heavy (non-hydrogen) atoms. The van der Waals surface area contributed by atoms with Crippen LogP contribution in [0, 0.1) is 13.8 Å². The lowest BCUT2D eigenvalue weighted by atomic mass is 10.1. The zero-order valence-electron chi connectivity index (χ0n) is 18.1. The lowest BCUT2D eigenvalue weighted by Crippen LogP contribution is -2.35. The quantitative estimate of drug-likeness (QED) is 0.682. The van der Waals surface area contributed by atoms with Gasteiger partial charge in [-0.2, -0.15) is 5.10 Å². The Hall–Kier alpha value is -2.04. The van der Waals surface area contributed by atoms with Crippen molar-refractivity contribution in [3.63, 3.8) is 0 Å². The summed E-state index contributed by atoms with van der Waals surface area (Å²) in [4.78, 5) is 27.9. The minimum Gasteiger partial charge on any atom is -0.341 e. The minimum atomic E-state index is -3.02. The Morgan fingerprint density at radius 3 is 2.81 bits per heavy atom. The molecule has 2 atom stereocenters. The maximum Gasteiger partial charge on any atom is 0.238 e. The summed E-state index contributed by atoms with van der Waals surface area (Å²) in [6, 6.07) is 5.14. The first kappa shape index (κ1) is 23.1. The third-order valence-electron chi connectivity index (χ3n) is 5.97. The lowest BCUT2D eigenvalue weighted by molar-refractivity contribution is -0.131. The smallest absolute Gasteiger partial charge is 0.238 e. The number of nitrogens with one attached hydrogen (secondary N) is 1. The first-order valence-electron chi connectivity index (χ1n) is 10.3. The van der Waals surface area contributed by atoms with Crippen LogP contribution in [0.3, 0.4) is 0 Å². The molecule has 0 saturated carbocycles. The fourth-order valence-electron chi connectivity index (χ4n) is 4.15. The fraction of sp³-hybridized carbons (Fsp3) is 0.476. The molecule has 1 aromatic carbocycles. The summed E-state index contributed by atoms with van der Waals surface area (Å²) in [5.74, 6) is -0.0800. The van der Waals surface area contributed by atoms with Crippen LogP contribution in [0.4, 0.5) is 5.69 Å². The molecule has 2 aromatic rings. The van der Waals surface area contributed by atoms with Crippen LogP contribution < -0.4 is 5.32 Å². The van der Waals surface area contributed by atoms with Gasteiger partial charge >= 0.3 is 0 Å². The van der Waals surface area contributed by atoms with E-state index in [9.17, 15) is 18.0 Å². The Morgan fingerprint density at radius 2 is 2.12 bits per heavy atom. The van der Waals surface area contributed by atoms with Crippen molar-refractivity contribution < 1.29 is 18.0 Å². The Morgan fingerprint density at radius 1 is 1.38 bits per heavy atom. The van der Waals surface area contributed by atoms with Gasteiger partial charge in [0, 0.05) is 41.2 Å². The van der Waals surface area contributed by atoms with Crippen molar-refractivity contribution in [3.8, 4) is 0 Å². The number of halogens is 1. The van der Waals surface area contributed by atoms with Crippen LogP contribution in [0.1, 0.15) is 35.8 Å². The Balaban J connectivity index is 1.43. The molecular formula is C21H25ClN4O4S2. The van der Waals surface area contributed by atoms with E-state index >= 15 is 0 Å². The van der Waals surface area contributed by atoms with Gasteiger partial charge in [0.1, 0.15) is 0 Å². The molecule has 2 aliphatic rings. The minimum absolute atomic E-state index is 0.0716. The van der Waals surface area contributed by atoms with E-state index < -0.39 is 15.1 Å². The SMILES string of the molecule is Cc1nn(C2CCS(=O)(=O)C2)c(C)c1CN(C)C(=O)CC1Sc2ccc(Cl)cc2NC1=O. The molecular weight excluding hydrogens is 472 g/mol. The number of benzene rings is 1. The van der Waals surface area contributed by atoms with Crippen molar-refractivity contribution >= 4 is 50.7 Å². The van der Waals surface area contributed by atoms with Gasteiger partial charge in [-0.3, -0.25) is 14.3 Å². The van der Waals surface area contributed by atoms with Crippen molar-refractivity contribution in [2.24, 2.45) is 0 Å². The van der Waals surface area contributed by atoms with Crippen molar-refractivity contribution in [1.29, 1.82) is 0 Å². The summed E-state index contributed by atoms with van der Waals surface area (Å²) in [6.45, 7) is 4.12. The van der Waals surface area contributed by atoms with E-state index in [0.717, 1.165) is 21.8 Å². The highest BCUT2D eigenvalue weighted by atomic mass is 35.5. The molecule has 8 nitrogen and oxygen atoms in total. The molecule has 1 saturated heterocycles. The van der Waals surface area contributed by atoms with Gasteiger partial charge in [-0.1, -0.05) is 11.6 Å². The molecule has 0 aliphatic carbocycles. The molecule has 1 fully saturated rings. The van der Waals surface area contributed by atoms with Crippen molar-refractivity contribution in [1.82, 2.24) is 14.7 Å². The number of rotatable bonds is 5. The van der Waals surface area contributed by atoms with Gasteiger partial charge in [0.15, 0.2) is 9.84 Å². The van der Waals surface area contributed by atoms with Crippen molar-refractivity contribution in [2.45, 2.75) is 49.4 Å². The highest BCUT2D eigenvalue weighted by Crippen LogP contribution is 2.38. The number of fused-ring (bicyclic) bond motifs is 1. The molecule has 172 valence electrons. The predicted molar refractivity (Wildman–Crippen MR) is 125 cm³/mol. The second kappa shape index (κ2) is 8.72. The summed E-state index contributed by atoms with van der Waals surface area (Å²) in [7, 11) is -1.31. The van der Waals surface area contributed by atoms with E-state index in [1.165, 1.54) is 11.8 Å². The zero-order chi connectivity index (χ0) is 23.2. The first-order chi connectivity index (χ1) is 15.0. The van der Waals surface area contributed by atoms with E-state index in [0.29, 0.717) is 23.7 Å². The van der Waals surface area contributed by atoms with Crippen LogP contribution in [0.25, 0.3) is 0 Å². The van der Waals surface area contributed by atoms with Gasteiger partial charge in [0.2, 0.25) is 11.8 Å². The molecule has 2 aliphatic heterocycles. The third kappa shape index (κ3) is 4.67. The second-order valence-electron chi connectivity index (χ2n) is 8.34. The highest BCUT2D eigenvalue weighted by Gasteiger charge is 2.33. The molecule has 4 rings (SSSR count). The molecule has 2 amide bonds. The molecule has 2 unspecified atom stereocenters. The second-order valence-corrected chi connectivity index (χ2v) is 12.3. The summed E-state index contributed by atoms with van der Waals surface area (Å²) in [5.41, 5.74) is 3.23. The molecule has 0 radical (unpaired) electrons. The topological polar surface area (TPSA) is 101 Å². The fourth-order valence-corrected chi connectivity index (χ4v) is 7.09. The number of thioether (sulfide) groups is 1. The van der Waals surface area contributed by atoms with Crippen molar-refractivity contribution in [3.05, 3.63) is 40.2 Å². The predicted octanol–water partition coefficient (Wildman–Crippen LogP) is 2.97. The number of sulfone groups is 1. The maximum absolute atomic E-state index is 12.9. The van der Waals surface area contributed by atoms with E-state index in [1.54, 1.807) is 28.8 Å². The number of aryl methyl sites for hydroxylation is 1. The number of carbonyl (C=O) groups excluding carboxylic acids is 2. The molecule has 11 heteroatoms. The van der Waals surface area contributed by atoms with E-state index in [2.05, 4.69) is 10.4 Å². The standard InChI is InChI=1S/C21H25ClN4O4S2/c1-12-16(13(2)26(24-12)15-6-7-32(29,30)11-15)10-25(3)20(27)9-19-21(28)23-17-8-14(22)4-5-18(17)31-19/h4-5,8,15,19H,6-7,9-11H2,1-3H3,(H,23,28). The number of aromatic nitrogens is 2. The number of hydrogen-bond donors (Lipinski definition) is 1. The summed E-state index contributed by atoms with van der Waals surface area (Å²) in [5, 5.41) is 7.41. The van der Waals surface area contributed by atoms with Crippen molar-refractivity contribution in [2.75, 3.05) is 23.9 Å². The zero-order valence-corrected chi connectivity index (χ0v) is 20.5. The normalized spacial score (nSPS) is 21.8. The molecule has 0 spiro atoms. The Bertz CT molecular complexity index is 1190. The number of nitrogens with zero attached hydrogens (tertiary/aromatic N) is 3. The van der Waals surface area contributed by atoms with Gasteiger partial charge in [-0.15, -0.1) is 11.8 Å². The number of amides is 2. The molecule has 1 aromatic heterocycles. The Labute approximate surface area is 196 Å². The van der Waals surface area contributed by atoms with Crippen LogP contribution in [-0.4, -0.2) is 58.7 Å². The molecule has 0 bridgehead atoms. The van der Waals surface area contributed by atoms with Gasteiger partial charge in [0.05, 0.1) is 34.2 Å². The van der Waals surface area contributed by atoms with Crippen LogP contribution in [-0.2, 0) is 26.0 Å². The van der Waals surface area contributed by atoms with Gasteiger partial charge in [-0.25, -0.2) is 8.42 Å². The van der Waals surface area contributed by atoms with Crippen LogP contribution in [0.15, 0.2) is 23.1 Å². The van der Waals surface area contributed by atoms with Gasteiger partial charge in [0.25, 0.3) is 0 Å². The van der Waals surface area contributed by atoms with E-state index in [-0.39, 0.29) is 35.8 Å². The van der Waals surface area contributed by atoms with Gasteiger partial charge < -0.3 is 10.2 Å². The van der Waals surface area contributed by atoms with Crippen LogP contribution in [0.5, 0.6) is 0 Å². The third-order valence-corrected chi connectivity index (χ3v) is 9.23. The largest absolute Gasteiger partial charge is 0.341 e. The maximum atomic E-state index is 12.9. The lowest BCUT2D eigenvalue weighted by Gasteiger charge is -2.26. The van der Waals surface area contributed by atoms with Crippen LogP contribution in [0.2, 0.25) is 5.02 Å². The highest BCUT2D eigenvalue weighted by molar-refractivity contribution is 8.01. The van der Waals surface area contributed by atoms with Gasteiger partial charge in [-0.05, 0) is 38.5 Å². The van der Waals surface area contributed by atoms with E-state index in [1.807, 2.05) is 19.9 Å². The summed E-state index contributed by atoms with van der Waals surface area (Å²) >= 11 is 7.35. The average Bonchev–Trinajstić information content (AvgIpc) is 3.21. The number of carbonyl (C=O) groups is 2. The monoisotopic (exact) mass is 496 g/mol. The number of anilines is 1. The average molecular weight is 497 g/mol. The Kier molecular flexibility index (Phi) is 6.30. The number of hydrogen-bond acceptors (Lipinski definition) is 6. The van der Waals surface area contributed by atoms with Crippen LogP contribution >= 0.6 is 23.4 Å². The van der Waals surface area contributed by atoms with E-state index in [4.69, 9.17) is 11.6 Å².